The van der Waals surface area contributed by atoms with Crippen molar-refractivity contribution in [2.24, 2.45) is 5.73 Å². The number of esters is 4. The van der Waals surface area contributed by atoms with Gasteiger partial charge in [0, 0.05) is 19.3 Å². The molecule has 0 heterocycles. The molecule has 4 N–H and O–H groups in total. The van der Waals surface area contributed by atoms with Crippen LogP contribution in [0.15, 0.2) is 121 Å². The first kappa shape index (κ1) is 42.4. The second-order valence-electron chi connectivity index (χ2n) is 12.9. The second kappa shape index (κ2) is 23.4. The molecule has 0 bridgehead atoms. The van der Waals surface area contributed by atoms with Gasteiger partial charge in [-0.25, -0.2) is 9.59 Å². The number of ether oxygens (including phenoxy) is 4. The van der Waals surface area contributed by atoms with E-state index in [0.29, 0.717) is 0 Å². The third kappa shape index (κ3) is 15.9. The van der Waals surface area contributed by atoms with Gasteiger partial charge in [0.05, 0.1) is 6.04 Å². The zero-order chi connectivity index (χ0) is 40.0. The molecule has 0 radical (unpaired) electrons. The van der Waals surface area contributed by atoms with Crippen LogP contribution in [0.3, 0.4) is 0 Å². The molecule has 0 saturated carbocycles. The fourth-order valence-corrected chi connectivity index (χ4v) is 5.26. The van der Waals surface area contributed by atoms with E-state index in [4.69, 9.17) is 24.7 Å². The van der Waals surface area contributed by atoms with Gasteiger partial charge in [0.1, 0.15) is 38.5 Å². The van der Waals surface area contributed by atoms with Crippen molar-refractivity contribution in [2.75, 3.05) is 0 Å². The van der Waals surface area contributed by atoms with Crippen molar-refractivity contribution in [2.45, 2.75) is 83.1 Å². The first-order chi connectivity index (χ1) is 27.2. The molecule has 0 spiro atoms. The fraction of sp³-hybridized carbons (Fsp3) is 0.302. The molecule has 0 saturated heterocycles. The number of hydrogen-bond acceptors (Lipinski definition) is 11. The lowest BCUT2D eigenvalue weighted by Gasteiger charge is -2.21. The number of amides is 2. The van der Waals surface area contributed by atoms with Gasteiger partial charge in [-0.3, -0.25) is 19.2 Å². The van der Waals surface area contributed by atoms with Crippen molar-refractivity contribution in [3.05, 3.63) is 144 Å². The predicted molar refractivity (Wildman–Crippen MR) is 204 cm³/mol. The molecule has 56 heavy (non-hydrogen) atoms. The zero-order valence-corrected chi connectivity index (χ0v) is 31.0. The van der Waals surface area contributed by atoms with Crippen LogP contribution in [0.2, 0.25) is 0 Å². The standard InChI is InChI=1S/C43H47N3O10/c44-35(41(50)46-37(43(52)56-30-34-19-11-4-12-20-34)23-26-40(49)54-28-32-15-7-2-8-16-32)21-24-38(47)45-36(42(51)55-29-33-17-9-3-10-18-33)22-25-39(48)53-27-31-13-5-1-6-14-31/h1-20,35-37H,21-30,44H2,(H,45,47)(H,46,50). The summed E-state index contributed by atoms with van der Waals surface area (Å²) in [6.07, 6.45) is -1.03. The Labute approximate surface area is 325 Å². The minimum atomic E-state index is -1.24. The first-order valence-corrected chi connectivity index (χ1v) is 18.3. The lowest BCUT2D eigenvalue weighted by Crippen LogP contribution is -2.49. The monoisotopic (exact) mass is 765 g/mol. The van der Waals surface area contributed by atoms with E-state index in [1.165, 1.54) is 0 Å². The normalized spacial score (nSPS) is 12.2. The van der Waals surface area contributed by atoms with Gasteiger partial charge in [-0.05, 0) is 41.5 Å². The van der Waals surface area contributed by atoms with Crippen molar-refractivity contribution in [1.82, 2.24) is 10.6 Å². The maximum absolute atomic E-state index is 13.2. The average molecular weight is 766 g/mol. The molecule has 4 rings (SSSR count). The minimum absolute atomic E-state index is 0.0464. The Bertz CT molecular complexity index is 1840. The van der Waals surface area contributed by atoms with Crippen molar-refractivity contribution >= 4 is 35.7 Å². The highest BCUT2D eigenvalue weighted by Crippen LogP contribution is 2.11. The first-order valence-electron chi connectivity index (χ1n) is 18.3. The van der Waals surface area contributed by atoms with Gasteiger partial charge in [-0.2, -0.15) is 0 Å². The highest BCUT2D eigenvalue weighted by atomic mass is 16.5. The van der Waals surface area contributed by atoms with E-state index in [0.717, 1.165) is 22.3 Å². The summed E-state index contributed by atoms with van der Waals surface area (Å²) in [6.45, 7) is -0.00322. The summed E-state index contributed by atoms with van der Waals surface area (Å²) in [5.41, 5.74) is 9.19. The number of carbonyl (C=O) groups is 6. The molecule has 13 nitrogen and oxygen atoms in total. The fourth-order valence-electron chi connectivity index (χ4n) is 5.26. The van der Waals surface area contributed by atoms with Crippen molar-refractivity contribution < 1.29 is 47.7 Å². The molecule has 13 heteroatoms. The highest BCUT2D eigenvalue weighted by molar-refractivity contribution is 5.89. The molecule has 4 aromatic rings. The third-order valence-corrected chi connectivity index (χ3v) is 8.45. The smallest absolute Gasteiger partial charge is 0.328 e. The average Bonchev–Trinajstić information content (AvgIpc) is 3.23. The largest absolute Gasteiger partial charge is 0.461 e. The highest BCUT2D eigenvalue weighted by Gasteiger charge is 2.28. The molecule has 0 aliphatic rings. The Morgan fingerprint density at radius 1 is 0.446 bits per heavy atom. The molecule has 0 aliphatic heterocycles. The minimum Gasteiger partial charge on any atom is -0.461 e. The van der Waals surface area contributed by atoms with E-state index in [9.17, 15) is 28.8 Å². The maximum atomic E-state index is 13.2. The summed E-state index contributed by atoms with van der Waals surface area (Å²) in [6, 6.07) is 32.4. The number of benzene rings is 4. The Morgan fingerprint density at radius 3 is 1.16 bits per heavy atom. The van der Waals surface area contributed by atoms with Gasteiger partial charge in [0.15, 0.2) is 0 Å². The SMILES string of the molecule is NC(CCC(=O)NC(CCC(=O)OCc1ccccc1)C(=O)OCc1ccccc1)C(=O)NC(CCC(=O)OCc1ccccc1)C(=O)OCc1ccccc1. The van der Waals surface area contributed by atoms with Crippen molar-refractivity contribution in [1.29, 1.82) is 0 Å². The molecular formula is C43H47N3O10. The number of nitrogens with two attached hydrogens (primary N) is 1. The number of nitrogens with one attached hydrogen (secondary N) is 2. The Balaban J connectivity index is 1.30. The number of hydrogen-bond donors (Lipinski definition) is 3. The van der Waals surface area contributed by atoms with Gasteiger partial charge in [0.25, 0.3) is 0 Å². The number of rotatable bonds is 22. The van der Waals surface area contributed by atoms with Crippen molar-refractivity contribution in [3.63, 3.8) is 0 Å². The van der Waals surface area contributed by atoms with E-state index < -0.39 is 53.8 Å². The summed E-state index contributed by atoms with van der Waals surface area (Å²) in [4.78, 5) is 77.5. The lowest BCUT2D eigenvalue weighted by molar-refractivity contribution is -0.151. The molecule has 2 amide bonds. The van der Waals surface area contributed by atoms with Gasteiger partial charge < -0.3 is 35.3 Å². The molecule has 3 atom stereocenters. The molecule has 0 fully saturated rings. The maximum Gasteiger partial charge on any atom is 0.328 e. The molecule has 4 aromatic carbocycles. The topological polar surface area (TPSA) is 189 Å². The van der Waals surface area contributed by atoms with Gasteiger partial charge in [-0.15, -0.1) is 0 Å². The summed E-state index contributed by atoms with van der Waals surface area (Å²) >= 11 is 0. The van der Waals surface area contributed by atoms with Crippen LogP contribution < -0.4 is 16.4 Å². The van der Waals surface area contributed by atoms with Crippen LogP contribution in [0.1, 0.15) is 60.8 Å². The quantitative estimate of drug-likeness (QED) is 0.0750. The molecule has 0 aliphatic carbocycles. The zero-order valence-electron chi connectivity index (χ0n) is 31.0. The van der Waals surface area contributed by atoms with Crippen LogP contribution in [0.5, 0.6) is 0 Å². The number of carbonyl (C=O) groups excluding carboxylic acids is 6. The molecule has 0 aromatic heterocycles. The summed E-state index contributed by atoms with van der Waals surface area (Å²) in [5.74, 6) is -4.04. The second-order valence-corrected chi connectivity index (χ2v) is 12.9. The van der Waals surface area contributed by atoms with Crippen LogP contribution >= 0.6 is 0 Å². The van der Waals surface area contributed by atoms with Crippen LogP contribution in [-0.4, -0.2) is 53.8 Å². The molecule has 3 unspecified atom stereocenters. The van der Waals surface area contributed by atoms with Crippen LogP contribution in [0, 0.1) is 0 Å². The van der Waals surface area contributed by atoms with E-state index in [-0.39, 0.29) is 65.0 Å². The van der Waals surface area contributed by atoms with Crippen LogP contribution in [-0.2, 0) is 74.1 Å². The van der Waals surface area contributed by atoms with E-state index in [1.54, 1.807) is 60.7 Å². The Morgan fingerprint density at radius 2 is 0.786 bits per heavy atom. The molecule has 294 valence electrons. The third-order valence-electron chi connectivity index (χ3n) is 8.45. The van der Waals surface area contributed by atoms with Gasteiger partial charge in [-0.1, -0.05) is 121 Å². The van der Waals surface area contributed by atoms with E-state index >= 15 is 0 Å². The molecular weight excluding hydrogens is 718 g/mol. The Kier molecular flexibility index (Phi) is 17.8. The Hall–Kier alpha value is -6.34. The lowest BCUT2D eigenvalue weighted by atomic mass is 10.1. The summed E-state index contributed by atoms with van der Waals surface area (Å²) in [7, 11) is 0. The van der Waals surface area contributed by atoms with Crippen molar-refractivity contribution in [3.8, 4) is 0 Å². The summed E-state index contributed by atoms with van der Waals surface area (Å²) < 4.78 is 21.5. The van der Waals surface area contributed by atoms with E-state index in [2.05, 4.69) is 10.6 Å². The predicted octanol–water partition coefficient (Wildman–Crippen LogP) is 4.60. The van der Waals surface area contributed by atoms with E-state index in [1.807, 2.05) is 60.7 Å². The summed E-state index contributed by atoms with van der Waals surface area (Å²) in [5, 5.41) is 5.14. The van der Waals surface area contributed by atoms with Gasteiger partial charge in [0.2, 0.25) is 11.8 Å². The van der Waals surface area contributed by atoms with Crippen LogP contribution in [0.4, 0.5) is 0 Å². The van der Waals surface area contributed by atoms with Crippen LogP contribution in [0.25, 0.3) is 0 Å². The van der Waals surface area contributed by atoms with Gasteiger partial charge >= 0.3 is 23.9 Å².